The normalized spacial score (nSPS) is 39.6. The maximum atomic E-state index is 10.8. The molecule has 0 heterocycles. The Morgan fingerprint density at radius 1 is 1.44 bits per heavy atom. The van der Waals surface area contributed by atoms with E-state index in [4.69, 9.17) is 0 Å². The van der Waals surface area contributed by atoms with Gasteiger partial charge in [0.2, 0.25) is 0 Å². The molecule has 0 radical (unpaired) electrons. The number of aldehydes is 1. The van der Waals surface area contributed by atoms with Crippen LogP contribution in [0.1, 0.15) is 39.5 Å². The number of aliphatic hydroxyl groups excluding tert-OH is 2. The molecule has 0 amide bonds. The van der Waals surface area contributed by atoms with E-state index in [0.717, 1.165) is 36.7 Å². The highest BCUT2D eigenvalue weighted by Crippen LogP contribution is 2.59. The highest BCUT2D eigenvalue weighted by Gasteiger charge is 2.54. The van der Waals surface area contributed by atoms with E-state index in [-0.39, 0.29) is 10.8 Å². The number of carbonyl (C=O) groups is 1. The largest absolute Gasteiger partial charge is 0.390 e. The second kappa shape index (κ2) is 4.32. The Hall–Kier alpha value is -0.930. The third kappa shape index (κ3) is 1.77. The van der Waals surface area contributed by atoms with E-state index >= 15 is 0 Å². The number of carbonyl (C=O) groups excluding carboxylic acids is 1. The summed E-state index contributed by atoms with van der Waals surface area (Å²) in [7, 11) is 0. The van der Waals surface area contributed by atoms with Gasteiger partial charge in [-0.1, -0.05) is 26.5 Å². The van der Waals surface area contributed by atoms with Gasteiger partial charge in [0.05, 0.1) is 6.10 Å². The molecule has 3 unspecified atom stereocenters. The molecular formula is C15H22O3. The van der Waals surface area contributed by atoms with Crippen LogP contribution in [0, 0.1) is 10.8 Å². The molecule has 0 aliphatic heterocycles. The van der Waals surface area contributed by atoms with E-state index in [2.05, 4.69) is 20.4 Å². The van der Waals surface area contributed by atoms with Gasteiger partial charge < -0.3 is 10.2 Å². The Morgan fingerprint density at radius 3 is 2.61 bits per heavy atom. The van der Waals surface area contributed by atoms with E-state index in [9.17, 15) is 15.0 Å². The SMILES string of the molecule is C=C1C(O)C(O)CC(C)(C)C12CC=C(C=O)CC2. The number of allylic oxidation sites excluding steroid dienone is 2. The number of hydrogen-bond donors (Lipinski definition) is 2. The molecule has 1 saturated carbocycles. The molecule has 0 aromatic rings. The number of hydrogen-bond acceptors (Lipinski definition) is 3. The van der Waals surface area contributed by atoms with Crippen LogP contribution in [0.5, 0.6) is 0 Å². The van der Waals surface area contributed by atoms with Crippen LogP contribution in [0.15, 0.2) is 23.8 Å². The van der Waals surface area contributed by atoms with Crippen LogP contribution >= 0.6 is 0 Å². The zero-order valence-electron chi connectivity index (χ0n) is 11.1. The lowest BCUT2D eigenvalue weighted by Crippen LogP contribution is -2.53. The minimum absolute atomic E-state index is 0.117. The molecule has 1 fully saturated rings. The summed E-state index contributed by atoms with van der Waals surface area (Å²) in [6.45, 7) is 8.28. The van der Waals surface area contributed by atoms with Crippen molar-refractivity contribution in [2.75, 3.05) is 0 Å². The van der Waals surface area contributed by atoms with Crippen molar-refractivity contribution in [3.05, 3.63) is 23.8 Å². The first-order valence-corrected chi connectivity index (χ1v) is 6.54. The van der Waals surface area contributed by atoms with Crippen LogP contribution < -0.4 is 0 Å². The monoisotopic (exact) mass is 250 g/mol. The summed E-state index contributed by atoms with van der Waals surface area (Å²) in [5, 5.41) is 20.0. The Kier molecular flexibility index (Phi) is 3.24. The first kappa shape index (κ1) is 13.5. The molecule has 0 saturated heterocycles. The van der Waals surface area contributed by atoms with Gasteiger partial charge in [0.1, 0.15) is 12.4 Å². The van der Waals surface area contributed by atoms with Crippen LogP contribution in [-0.4, -0.2) is 28.7 Å². The number of aliphatic hydroxyl groups is 2. The van der Waals surface area contributed by atoms with E-state index in [1.165, 1.54) is 0 Å². The van der Waals surface area contributed by atoms with Crippen molar-refractivity contribution in [1.29, 1.82) is 0 Å². The van der Waals surface area contributed by atoms with Gasteiger partial charge in [-0.3, -0.25) is 4.79 Å². The van der Waals surface area contributed by atoms with Crippen LogP contribution in [0.4, 0.5) is 0 Å². The van der Waals surface area contributed by atoms with E-state index in [0.29, 0.717) is 6.42 Å². The van der Waals surface area contributed by atoms with Crippen LogP contribution in [0.2, 0.25) is 0 Å². The Morgan fingerprint density at radius 2 is 2.11 bits per heavy atom. The highest BCUT2D eigenvalue weighted by molar-refractivity contribution is 5.73. The molecule has 2 N–H and O–H groups in total. The van der Waals surface area contributed by atoms with Crippen LogP contribution in [0.3, 0.4) is 0 Å². The van der Waals surface area contributed by atoms with Crippen molar-refractivity contribution in [3.8, 4) is 0 Å². The van der Waals surface area contributed by atoms with E-state index < -0.39 is 12.2 Å². The van der Waals surface area contributed by atoms with Crippen LogP contribution in [0.25, 0.3) is 0 Å². The molecule has 100 valence electrons. The Labute approximate surface area is 108 Å². The molecule has 0 bridgehead atoms. The second-order valence-electron chi connectivity index (χ2n) is 6.31. The molecule has 2 aliphatic carbocycles. The topological polar surface area (TPSA) is 57.5 Å². The lowest BCUT2D eigenvalue weighted by Gasteiger charge is -2.56. The third-order valence-electron chi connectivity index (χ3n) is 5.06. The third-order valence-corrected chi connectivity index (χ3v) is 5.06. The van der Waals surface area contributed by atoms with Crippen molar-refractivity contribution >= 4 is 6.29 Å². The fraction of sp³-hybridized carbons (Fsp3) is 0.667. The summed E-state index contributed by atoms with van der Waals surface area (Å²) in [4.78, 5) is 10.8. The van der Waals surface area contributed by atoms with Crippen molar-refractivity contribution in [1.82, 2.24) is 0 Å². The molecule has 2 aliphatic rings. The average molecular weight is 250 g/mol. The van der Waals surface area contributed by atoms with Gasteiger partial charge >= 0.3 is 0 Å². The minimum atomic E-state index is -0.843. The molecule has 3 atom stereocenters. The van der Waals surface area contributed by atoms with Gasteiger partial charge in [0, 0.05) is 5.41 Å². The molecule has 0 aromatic carbocycles. The van der Waals surface area contributed by atoms with Crippen LogP contribution in [-0.2, 0) is 4.79 Å². The smallest absolute Gasteiger partial charge is 0.145 e. The standard InChI is InChI=1S/C15H22O3/c1-10-13(18)12(17)8-14(2,3)15(10)6-4-11(9-16)5-7-15/h4,9,12-13,17-18H,1,5-8H2,2-3H3. The van der Waals surface area contributed by atoms with Gasteiger partial charge in [-0.2, -0.15) is 0 Å². The fourth-order valence-corrected chi connectivity index (χ4v) is 3.66. The maximum absolute atomic E-state index is 10.8. The summed E-state index contributed by atoms with van der Waals surface area (Å²) in [6, 6.07) is 0. The second-order valence-corrected chi connectivity index (χ2v) is 6.31. The quantitative estimate of drug-likeness (QED) is 0.553. The summed E-state index contributed by atoms with van der Waals surface area (Å²) in [6.07, 6.45) is 4.17. The van der Waals surface area contributed by atoms with Crippen molar-refractivity contribution < 1.29 is 15.0 Å². The Bertz CT molecular complexity index is 408. The predicted molar refractivity (Wildman–Crippen MR) is 70.0 cm³/mol. The molecule has 3 heteroatoms. The lowest BCUT2D eigenvalue weighted by atomic mass is 9.50. The van der Waals surface area contributed by atoms with Gasteiger partial charge in [-0.15, -0.1) is 0 Å². The molecule has 0 aromatic heterocycles. The van der Waals surface area contributed by atoms with Crippen molar-refractivity contribution in [3.63, 3.8) is 0 Å². The summed E-state index contributed by atoms with van der Waals surface area (Å²) in [5.41, 5.74) is 1.25. The van der Waals surface area contributed by atoms with Crippen molar-refractivity contribution in [2.45, 2.75) is 51.7 Å². The predicted octanol–water partition coefficient (Wildman–Crippen LogP) is 1.99. The molecule has 18 heavy (non-hydrogen) atoms. The Balaban J connectivity index is 2.38. The zero-order valence-corrected chi connectivity index (χ0v) is 11.1. The first-order chi connectivity index (χ1) is 8.34. The molecular weight excluding hydrogens is 228 g/mol. The molecule has 1 spiro atoms. The summed E-state index contributed by atoms with van der Waals surface area (Å²) >= 11 is 0. The summed E-state index contributed by atoms with van der Waals surface area (Å²) in [5.74, 6) is 0. The lowest BCUT2D eigenvalue weighted by molar-refractivity contribution is -0.105. The molecule has 2 rings (SSSR count). The zero-order chi connectivity index (χ0) is 13.6. The van der Waals surface area contributed by atoms with Gasteiger partial charge in [0.25, 0.3) is 0 Å². The van der Waals surface area contributed by atoms with E-state index in [1.807, 2.05) is 6.08 Å². The summed E-state index contributed by atoms with van der Waals surface area (Å²) < 4.78 is 0. The van der Waals surface area contributed by atoms with Crippen molar-refractivity contribution in [2.24, 2.45) is 10.8 Å². The van der Waals surface area contributed by atoms with Gasteiger partial charge in [-0.05, 0) is 42.2 Å². The fourth-order valence-electron chi connectivity index (χ4n) is 3.66. The van der Waals surface area contributed by atoms with Gasteiger partial charge in [-0.25, -0.2) is 0 Å². The molecule has 3 nitrogen and oxygen atoms in total. The number of rotatable bonds is 1. The average Bonchev–Trinajstić information content (AvgIpc) is 2.34. The van der Waals surface area contributed by atoms with Gasteiger partial charge in [0.15, 0.2) is 0 Å². The maximum Gasteiger partial charge on any atom is 0.145 e. The first-order valence-electron chi connectivity index (χ1n) is 6.54. The highest BCUT2D eigenvalue weighted by atomic mass is 16.3. The van der Waals surface area contributed by atoms with E-state index in [1.54, 1.807) is 0 Å². The minimum Gasteiger partial charge on any atom is -0.390 e.